The number of benzene rings is 2. The molecule has 13 heteroatoms. The molecule has 0 aliphatic carbocycles. The van der Waals surface area contributed by atoms with Gasteiger partial charge in [0.25, 0.3) is 0 Å². The Morgan fingerprint density at radius 1 is 0.576 bits per heavy atom. The van der Waals surface area contributed by atoms with E-state index in [9.17, 15) is 0 Å². The van der Waals surface area contributed by atoms with Crippen molar-refractivity contribution in [2.75, 3.05) is 40.0 Å². The molecule has 0 unspecified atom stereocenters. The fraction of sp³-hybridized carbons (Fsp3) is 0.300. The van der Waals surface area contributed by atoms with Gasteiger partial charge in [-0.2, -0.15) is 0 Å². The van der Waals surface area contributed by atoms with E-state index in [1.165, 1.54) is 9.36 Å². The Morgan fingerprint density at radius 3 is 1.06 bits per heavy atom. The summed E-state index contributed by atoms with van der Waals surface area (Å²) >= 11 is 9.79. The van der Waals surface area contributed by atoms with E-state index >= 15 is 0 Å². The Morgan fingerprint density at radius 2 is 0.848 bits per heavy atom. The molecule has 0 fully saturated rings. The summed E-state index contributed by atoms with van der Waals surface area (Å²) in [6, 6.07) is 19.1. The maximum absolute atomic E-state index is 4.89. The molecule has 2 heterocycles. The van der Waals surface area contributed by atoms with Gasteiger partial charge in [-0.3, -0.25) is 0 Å². The minimum atomic E-state index is 0. The molecular formula is C20H30N8P2PdS2+2. The molecule has 0 spiro atoms. The van der Waals surface area contributed by atoms with Gasteiger partial charge in [-0.25, -0.2) is 9.36 Å². The van der Waals surface area contributed by atoms with Gasteiger partial charge in [0.1, 0.15) is 0 Å². The van der Waals surface area contributed by atoms with Crippen molar-refractivity contribution < 1.29 is 20.4 Å². The Kier molecular flexibility index (Phi) is 17.2. The molecule has 0 atom stereocenters. The average molecular weight is 615 g/mol. The van der Waals surface area contributed by atoms with Crippen molar-refractivity contribution in [3.8, 4) is 11.4 Å². The zero-order valence-electron chi connectivity index (χ0n) is 19.5. The normalized spacial score (nSPS) is 9.45. The van der Waals surface area contributed by atoms with Gasteiger partial charge in [-0.15, -0.1) is 10.2 Å². The van der Waals surface area contributed by atoms with E-state index in [2.05, 4.69) is 71.0 Å². The number of tetrazole rings is 2. The van der Waals surface area contributed by atoms with E-state index in [4.69, 9.17) is 25.3 Å². The van der Waals surface area contributed by atoms with Crippen LogP contribution in [0.25, 0.3) is 11.4 Å². The topological polar surface area (TPSA) is 87.2 Å². The molecule has 0 aliphatic rings. The second kappa shape index (κ2) is 17.9. The van der Waals surface area contributed by atoms with Crippen LogP contribution in [-0.2, 0) is 45.7 Å². The first-order valence-electron chi connectivity index (χ1n) is 9.77. The van der Waals surface area contributed by atoms with Crippen molar-refractivity contribution in [1.29, 1.82) is 0 Å². The zero-order chi connectivity index (χ0) is 23.9. The number of para-hydroxylation sites is 2. The van der Waals surface area contributed by atoms with Crippen LogP contribution < -0.4 is 0 Å². The summed E-state index contributed by atoms with van der Waals surface area (Å²) in [5.74, 6) is 0. The van der Waals surface area contributed by atoms with Crippen LogP contribution >= 0.6 is 15.8 Å². The van der Waals surface area contributed by atoms with Gasteiger partial charge in [0.2, 0.25) is 0 Å². The molecule has 0 N–H and O–H groups in total. The molecule has 2 aromatic heterocycles. The molecule has 4 rings (SSSR count). The van der Waals surface area contributed by atoms with E-state index in [1.807, 2.05) is 60.7 Å². The standard InChI is InChI=1S/2C7H6N4S.2C3H9P.Pd/c2*12-7-8-9-10-11(7)6-4-2-1-3-5-6;2*1-4(2)3;/h2*1-5H,(H,8,10,12);2*1-3H3;/q;;;;+2. The molecule has 0 radical (unpaired) electrons. The van der Waals surface area contributed by atoms with Gasteiger partial charge in [0, 0.05) is 50.3 Å². The van der Waals surface area contributed by atoms with Crippen LogP contribution in [0.2, 0.25) is 0 Å². The third kappa shape index (κ3) is 13.7. The van der Waals surface area contributed by atoms with Gasteiger partial charge < -0.3 is 25.3 Å². The smallest absolute Gasteiger partial charge is 0.738 e. The molecule has 8 nitrogen and oxygen atoms in total. The van der Waals surface area contributed by atoms with Crippen molar-refractivity contribution in [2.24, 2.45) is 0 Å². The molecule has 0 amide bonds. The van der Waals surface area contributed by atoms with Gasteiger partial charge in [0.05, 0.1) is 11.4 Å². The Hall–Kier alpha value is -1.46. The summed E-state index contributed by atoms with van der Waals surface area (Å²) in [6.07, 6.45) is 0. The minimum Gasteiger partial charge on any atom is -0.738 e. The predicted molar refractivity (Wildman–Crippen MR) is 142 cm³/mol. The third-order valence-electron chi connectivity index (χ3n) is 2.88. The fourth-order valence-electron chi connectivity index (χ4n) is 1.82. The maximum Gasteiger partial charge on any atom is 2.00 e. The first-order chi connectivity index (χ1) is 15.2. The fourth-order valence-corrected chi connectivity index (χ4v) is 2.18. The SMILES string of the molecule is C[PH+](C)C.C[PH+](C)C.[Pd+2].[S-]c1nnnn1-c1ccccc1.[S-]c1nnnn1-c1ccccc1. The van der Waals surface area contributed by atoms with Crippen molar-refractivity contribution in [3.05, 3.63) is 60.7 Å². The van der Waals surface area contributed by atoms with Crippen LogP contribution in [0.1, 0.15) is 0 Å². The molecule has 33 heavy (non-hydrogen) atoms. The predicted octanol–water partition coefficient (Wildman–Crippen LogP) is 3.31. The van der Waals surface area contributed by atoms with E-state index in [1.54, 1.807) is 0 Å². The first kappa shape index (κ1) is 31.5. The molecule has 0 aliphatic heterocycles. The molecular weight excluding hydrogens is 585 g/mol. The van der Waals surface area contributed by atoms with Crippen molar-refractivity contribution in [3.63, 3.8) is 0 Å². The third-order valence-corrected chi connectivity index (χ3v) is 3.39. The zero-order valence-corrected chi connectivity index (χ0v) is 24.7. The number of rotatable bonds is 2. The minimum absolute atomic E-state index is 0. The second-order valence-corrected chi connectivity index (χ2v) is 14.1. The van der Waals surface area contributed by atoms with Gasteiger partial charge in [-0.1, -0.05) is 36.4 Å². The van der Waals surface area contributed by atoms with E-state index < -0.39 is 0 Å². The molecule has 2 aromatic carbocycles. The summed E-state index contributed by atoms with van der Waals surface area (Å²) < 4.78 is 3.02. The summed E-state index contributed by atoms with van der Waals surface area (Å²) in [6.45, 7) is 13.6. The molecule has 180 valence electrons. The molecule has 0 bridgehead atoms. The Balaban J connectivity index is 0.000000462. The molecule has 0 saturated heterocycles. The van der Waals surface area contributed by atoms with Gasteiger partial charge in [0.15, 0.2) is 0 Å². The summed E-state index contributed by atoms with van der Waals surface area (Å²) in [4.78, 5) is 0. The summed E-state index contributed by atoms with van der Waals surface area (Å²) in [5.41, 5.74) is 1.76. The van der Waals surface area contributed by atoms with Crippen molar-refractivity contribution >= 4 is 41.1 Å². The quantitative estimate of drug-likeness (QED) is 0.193. The number of hydrogen-bond acceptors (Lipinski definition) is 8. The van der Waals surface area contributed by atoms with E-state index in [-0.39, 0.29) is 36.3 Å². The van der Waals surface area contributed by atoms with E-state index in [0.29, 0.717) is 10.3 Å². The van der Waals surface area contributed by atoms with Crippen molar-refractivity contribution in [2.45, 2.75) is 10.3 Å². The van der Waals surface area contributed by atoms with Crippen LogP contribution in [0, 0.1) is 0 Å². The van der Waals surface area contributed by atoms with Gasteiger partial charge in [-0.05, 0) is 61.0 Å². The van der Waals surface area contributed by atoms with Gasteiger partial charge >= 0.3 is 20.4 Å². The van der Waals surface area contributed by atoms with Crippen LogP contribution in [0.3, 0.4) is 0 Å². The Labute approximate surface area is 223 Å². The monoisotopic (exact) mass is 614 g/mol. The Bertz CT molecular complexity index is 914. The maximum atomic E-state index is 4.89. The van der Waals surface area contributed by atoms with Crippen LogP contribution in [0.5, 0.6) is 0 Å². The van der Waals surface area contributed by atoms with Crippen molar-refractivity contribution in [1.82, 2.24) is 40.4 Å². The largest absolute Gasteiger partial charge is 2.00 e. The summed E-state index contributed by atoms with van der Waals surface area (Å²) in [7, 11) is 0.241. The summed E-state index contributed by atoms with van der Waals surface area (Å²) in [5, 5.41) is 22.4. The van der Waals surface area contributed by atoms with E-state index in [0.717, 1.165) is 11.4 Å². The first-order valence-corrected chi connectivity index (χ1v) is 16.6. The number of hydrogen-bond donors (Lipinski definition) is 0. The van der Waals surface area contributed by atoms with Crippen LogP contribution in [0.4, 0.5) is 0 Å². The van der Waals surface area contributed by atoms with Crippen LogP contribution in [-0.4, -0.2) is 80.4 Å². The average Bonchev–Trinajstić information content (AvgIpc) is 3.37. The number of nitrogens with zero attached hydrogens (tertiary/aromatic N) is 8. The molecule has 4 aromatic rings. The number of aromatic nitrogens is 8. The second-order valence-electron chi connectivity index (χ2n) is 7.42. The molecule has 0 saturated carbocycles. The van der Waals surface area contributed by atoms with Crippen LogP contribution in [0.15, 0.2) is 71.0 Å².